The molecule has 19 heavy (non-hydrogen) atoms. The zero-order chi connectivity index (χ0) is 13.5. The average Bonchev–Trinajstić information content (AvgIpc) is 2.48. The second-order valence-electron chi connectivity index (χ2n) is 4.13. The van der Waals surface area contributed by atoms with Gasteiger partial charge in [-0.1, -0.05) is 30.3 Å². The zero-order valence-corrected chi connectivity index (χ0v) is 10.4. The fourth-order valence-electron chi connectivity index (χ4n) is 1.74. The second-order valence-corrected chi connectivity index (χ2v) is 4.13. The highest BCUT2D eigenvalue weighted by atomic mass is 16.3. The van der Waals surface area contributed by atoms with Crippen LogP contribution in [-0.2, 0) is 6.42 Å². The molecule has 1 unspecified atom stereocenters. The molecule has 0 saturated heterocycles. The van der Waals surface area contributed by atoms with Crippen LogP contribution in [-0.4, -0.2) is 33.6 Å². The van der Waals surface area contributed by atoms with Gasteiger partial charge in [-0.2, -0.15) is 0 Å². The van der Waals surface area contributed by atoms with E-state index >= 15 is 0 Å². The summed E-state index contributed by atoms with van der Waals surface area (Å²) in [6.07, 6.45) is 4.93. The Labute approximate surface area is 111 Å². The maximum atomic E-state index is 11.9. The minimum absolute atomic E-state index is 0.124. The highest BCUT2D eigenvalue weighted by Crippen LogP contribution is 2.03. The molecule has 2 aromatic rings. The largest absolute Gasteiger partial charge is 0.394 e. The first-order valence-corrected chi connectivity index (χ1v) is 6.01. The highest BCUT2D eigenvalue weighted by molar-refractivity contribution is 5.92. The third-order valence-electron chi connectivity index (χ3n) is 2.68. The molecule has 0 radical (unpaired) electrons. The van der Waals surface area contributed by atoms with Crippen molar-refractivity contribution >= 4 is 5.91 Å². The smallest absolute Gasteiger partial charge is 0.271 e. The molecule has 1 amide bonds. The molecule has 1 aromatic heterocycles. The van der Waals surface area contributed by atoms with E-state index in [1.807, 2.05) is 30.3 Å². The maximum absolute atomic E-state index is 11.9. The van der Waals surface area contributed by atoms with Crippen LogP contribution >= 0.6 is 0 Å². The number of aromatic nitrogens is 2. The van der Waals surface area contributed by atoms with E-state index in [1.54, 1.807) is 0 Å². The van der Waals surface area contributed by atoms with Gasteiger partial charge in [0.2, 0.25) is 0 Å². The monoisotopic (exact) mass is 257 g/mol. The van der Waals surface area contributed by atoms with Gasteiger partial charge < -0.3 is 10.4 Å². The van der Waals surface area contributed by atoms with Crippen LogP contribution in [0, 0.1) is 0 Å². The molecule has 1 aromatic carbocycles. The Bertz CT molecular complexity index is 517. The minimum atomic E-state index is -0.336. The summed E-state index contributed by atoms with van der Waals surface area (Å²) in [4.78, 5) is 19.6. The van der Waals surface area contributed by atoms with Gasteiger partial charge in [0, 0.05) is 12.4 Å². The van der Waals surface area contributed by atoms with Crippen molar-refractivity contribution in [2.24, 2.45) is 0 Å². The molecule has 98 valence electrons. The molecule has 0 saturated carbocycles. The van der Waals surface area contributed by atoms with Crippen LogP contribution in [0.3, 0.4) is 0 Å². The molecule has 0 aliphatic rings. The summed E-state index contributed by atoms with van der Waals surface area (Å²) in [5.41, 5.74) is 1.30. The number of nitrogens with zero attached hydrogens (tertiary/aromatic N) is 2. The normalized spacial score (nSPS) is 11.8. The Morgan fingerprint density at radius 1 is 1.26 bits per heavy atom. The van der Waals surface area contributed by atoms with Crippen molar-refractivity contribution in [3.63, 3.8) is 0 Å². The predicted molar refractivity (Wildman–Crippen MR) is 70.5 cm³/mol. The summed E-state index contributed by atoms with van der Waals surface area (Å²) < 4.78 is 0. The topological polar surface area (TPSA) is 75.1 Å². The van der Waals surface area contributed by atoms with Gasteiger partial charge in [0.25, 0.3) is 5.91 Å². The lowest BCUT2D eigenvalue weighted by Crippen LogP contribution is -2.39. The molecule has 5 heteroatoms. The van der Waals surface area contributed by atoms with Crippen molar-refractivity contribution in [2.75, 3.05) is 6.61 Å². The Morgan fingerprint density at radius 2 is 2.05 bits per heavy atom. The minimum Gasteiger partial charge on any atom is -0.394 e. The maximum Gasteiger partial charge on any atom is 0.271 e. The Balaban J connectivity index is 1.98. The molecule has 1 atom stereocenters. The Kier molecular flexibility index (Phi) is 4.58. The second kappa shape index (κ2) is 6.61. The van der Waals surface area contributed by atoms with E-state index in [1.165, 1.54) is 18.6 Å². The Hall–Kier alpha value is -2.27. The third-order valence-corrected chi connectivity index (χ3v) is 2.68. The number of rotatable bonds is 5. The van der Waals surface area contributed by atoms with Gasteiger partial charge in [0.05, 0.1) is 18.8 Å². The standard InChI is InChI=1S/C14H15N3O2/c18-10-12(8-11-4-2-1-3-5-11)17-14(19)13-9-15-6-7-16-13/h1-7,9,12,18H,8,10H2,(H,17,19). The van der Waals surface area contributed by atoms with Crippen molar-refractivity contribution in [1.29, 1.82) is 0 Å². The molecule has 0 aliphatic heterocycles. The predicted octanol–water partition coefficient (Wildman–Crippen LogP) is 0.810. The molecule has 2 rings (SSSR count). The lowest BCUT2D eigenvalue weighted by atomic mass is 10.1. The van der Waals surface area contributed by atoms with Crippen LogP contribution < -0.4 is 5.32 Å². The Morgan fingerprint density at radius 3 is 2.68 bits per heavy atom. The first-order valence-electron chi connectivity index (χ1n) is 6.01. The lowest BCUT2D eigenvalue weighted by Gasteiger charge is -2.15. The summed E-state index contributed by atoms with van der Waals surface area (Å²) in [5, 5.41) is 12.1. The fraction of sp³-hybridized carbons (Fsp3) is 0.214. The number of amides is 1. The molecule has 0 fully saturated rings. The van der Waals surface area contributed by atoms with Gasteiger partial charge in [0.15, 0.2) is 0 Å². The highest BCUT2D eigenvalue weighted by Gasteiger charge is 2.14. The first-order chi connectivity index (χ1) is 9.29. The molecule has 1 heterocycles. The number of aliphatic hydroxyl groups is 1. The van der Waals surface area contributed by atoms with Crippen LogP contribution in [0.2, 0.25) is 0 Å². The number of aliphatic hydroxyl groups excluding tert-OH is 1. The van der Waals surface area contributed by atoms with E-state index in [2.05, 4.69) is 15.3 Å². The van der Waals surface area contributed by atoms with Crippen LogP contribution in [0.25, 0.3) is 0 Å². The van der Waals surface area contributed by atoms with E-state index in [0.717, 1.165) is 5.56 Å². The van der Waals surface area contributed by atoms with Gasteiger partial charge in [-0.25, -0.2) is 4.98 Å². The molecule has 0 aliphatic carbocycles. The van der Waals surface area contributed by atoms with Crippen molar-refractivity contribution < 1.29 is 9.90 Å². The van der Waals surface area contributed by atoms with Gasteiger partial charge in [-0.05, 0) is 12.0 Å². The quantitative estimate of drug-likeness (QED) is 0.831. The van der Waals surface area contributed by atoms with Crippen LogP contribution in [0.15, 0.2) is 48.9 Å². The van der Waals surface area contributed by atoms with Crippen LogP contribution in [0.1, 0.15) is 16.1 Å². The number of nitrogens with one attached hydrogen (secondary N) is 1. The van der Waals surface area contributed by atoms with E-state index in [0.29, 0.717) is 6.42 Å². The first kappa shape index (κ1) is 13.2. The summed E-state index contributed by atoms with van der Waals surface area (Å²) in [7, 11) is 0. The van der Waals surface area contributed by atoms with Gasteiger partial charge in [0.1, 0.15) is 5.69 Å². The molecule has 0 bridgehead atoms. The average molecular weight is 257 g/mol. The summed E-state index contributed by atoms with van der Waals surface area (Å²) in [6, 6.07) is 9.35. The fourth-order valence-corrected chi connectivity index (χ4v) is 1.74. The number of carbonyl (C=O) groups excluding carboxylic acids is 1. The zero-order valence-electron chi connectivity index (χ0n) is 10.4. The SMILES string of the molecule is O=C(NC(CO)Cc1ccccc1)c1cnccn1. The summed E-state index contributed by atoms with van der Waals surface area (Å²) in [6.45, 7) is -0.124. The number of benzene rings is 1. The number of hydrogen-bond acceptors (Lipinski definition) is 4. The van der Waals surface area contributed by atoms with E-state index in [9.17, 15) is 9.90 Å². The number of carbonyl (C=O) groups is 1. The summed E-state index contributed by atoms with van der Waals surface area (Å²) in [5.74, 6) is -0.330. The van der Waals surface area contributed by atoms with E-state index < -0.39 is 0 Å². The van der Waals surface area contributed by atoms with Gasteiger partial charge >= 0.3 is 0 Å². The molecule has 2 N–H and O–H groups in total. The third kappa shape index (κ3) is 3.86. The lowest BCUT2D eigenvalue weighted by molar-refractivity contribution is 0.0911. The molecule has 5 nitrogen and oxygen atoms in total. The van der Waals surface area contributed by atoms with Gasteiger partial charge in [-0.3, -0.25) is 9.78 Å². The van der Waals surface area contributed by atoms with E-state index in [-0.39, 0.29) is 24.2 Å². The molecule has 0 spiro atoms. The van der Waals surface area contributed by atoms with Gasteiger partial charge in [-0.15, -0.1) is 0 Å². The van der Waals surface area contributed by atoms with Crippen LogP contribution in [0.5, 0.6) is 0 Å². The summed E-state index contributed by atoms with van der Waals surface area (Å²) >= 11 is 0. The van der Waals surface area contributed by atoms with Crippen molar-refractivity contribution in [3.05, 3.63) is 60.2 Å². The van der Waals surface area contributed by atoms with Crippen molar-refractivity contribution in [3.8, 4) is 0 Å². The van der Waals surface area contributed by atoms with Crippen LogP contribution in [0.4, 0.5) is 0 Å². The number of hydrogen-bond donors (Lipinski definition) is 2. The van der Waals surface area contributed by atoms with E-state index in [4.69, 9.17) is 0 Å². The van der Waals surface area contributed by atoms with Crippen molar-refractivity contribution in [1.82, 2.24) is 15.3 Å². The molecular weight excluding hydrogens is 242 g/mol. The molecular formula is C14H15N3O2. The van der Waals surface area contributed by atoms with Crippen molar-refractivity contribution in [2.45, 2.75) is 12.5 Å².